The van der Waals surface area contributed by atoms with E-state index in [0.717, 1.165) is 32.8 Å². The fraction of sp³-hybridized carbons (Fsp3) is 0.600. The van der Waals surface area contributed by atoms with Crippen LogP contribution in [0.4, 0.5) is 5.69 Å². The SMILES string of the molecule is CC1(C)COCCN1CCCNc1ccccc1. The minimum Gasteiger partial charge on any atom is -0.385 e. The molecule has 1 fully saturated rings. The fourth-order valence-corrected chi connectivity index (χ4v) is 2.36. The van der Waals surface area contributed by atoms with E-state index in [0.29, 0.717) is 0 Å². The maximum atomic E-state index is 5.53. The van der Waals surface area contributed by atoms with Crippen molar-refractivity contribution in [2.45, 2.75) is 25.8 Å². The average Bonchev–Trinajstić information content (AvgIpc) is 2.37. The Morgan fingerprint density at radius 1 is 1.28 bits per heavy atom. The van der Waals surface area contributed by atoms with Gasteiger partial charge in [-0.3, -0.25) is 4.90 Å². The summed E-state index contributed by atoms with van der Waals surface area (Å²) in [5, 5.41) is 3.45. The Balaban J connectivity index is 1.69. The van der Waals surface area contributed by atoms with E-state index in [-0.39, 0.29) is 5.54 Å². The molecule has 1 aromatic rings. The predicted octanol–water partition coefficient (Wildman–Crippen LogP) is 2.60. The van der Waals surface area contributed by atoms with E-state index in [9.17, 15) is 0 Å². The molecule has 3 nitrogen and oxygen atoms in total. The van der Waals surface area contributed by atoms with Gasteiger partial charge < -0.3 is 10.1 Å². The normalized spacial score (nSPS) is 19.7. The monoisotopic (exact) mass is 248 g/mol. The second-order valence-electron chi connectivity index (χ2n) is 5.50. The van der Waals surface area contributed by atoms with Crippen molar-refractivity contribution in [2.24, 2.45) is 0 Å². The first-order valence-electron chi connectivity index (χ1n) is 6.80. The van der Waals surface area contributed by atoms with Crippen molar-refractivity contribution in [1.29, 1.82) is 0 Å². The highest BCUT2D eigenvalue weighted by molar-refractivity contribution is 5.42. The van der Waals surface area contributed by atoms with Gasteiger partial charge >= 0.3 is 0 Å². The van der Waals surface area contributed by atoms with Crippen LogP contribution in [-0.4, -0.2) is 43.3 Å². The molecule has 0 radical (unpaired) electrons. The molecule has 3 heteroatoms. The van der Waals surface area contributed by atoms with Crippen LogP contribution in [0.5, 0.6) is 0 Å². The minimum absolute atomic E-state index is 0.186. The summed E-state index contributed by atoms with van der Waals surface area (Å²) >= 11 is 0. The number of ether oxygens (including phenoxy) is 1. The van der Waals surface area contributed by atoms with E-state index in [1.165, 1.54) is 12.1 Å². The van der Waals surface area contributed by atoms with Crippen LogP contribution >= 0.6 is 0 Å². The van der Waals surface area contributed by atoms with Crippen LogP contribution in [0.2, 0.25) is 0 Å². The lowest BCUT2D eigenvalue weighted by molar-refractivity contribution is -0.0507. The van der Waals surface area contributed by atoms with E-state index < -0.39 is 0 Å². The molecule has 0 bridgehead atoms. The largest absolute Gasteiger partial charge is 0.385 e. The first kappa shape index (κ1) is 13.4. The Morgan fingerprint density at radius 3 is 2.78 bits per heavy atom. The van der Waals surface area contributed by atoms with Gasteiger partial charge in [0.2, 0.25) is 0 Å². The number of nitrogens with zero attached hydrogens (tertiary/aromatic N) is 1. The van der Waals surface area contributed by atoms with E-state index in [2.05, 4.69) is 48.3 Å². The molecule has 1 heterocycles. The summed E-state index contributed by atoms with van der Waals surface area (Å²) in [6.45, 7) is 9.45. The average molecular weight is 248 g/mol. The molecule has 0 aliphatic carbocycles. The zero-order chi connectivity index (χ0) is 12.8. The Morgan fingerprint density at radius 2 is 2.06 bits per heavy atom. The summed E-state index contributed by atoms with van der Waals surface area (Å²) < 4.78 is 5.53. The van der Waals surface area contributed by atoms with E-state index in [1.807, 2.05) is 6.07 Å². The van der Waals surface area contributed by atoms with Crippen molar-refractivity contribution in [3.63, 3.8) is 0 Å². The van der Waals surface area contributed by atoms with Crippen LogP contribution in [0.15, 0.2) is 30.3 Å². The van der Waals surface area contributed by atoms with Crippen LogP contribution in [0, 0.1) is 0 Å². The second kappa shape index (κ2) is 6.21. The van der Waals surface area contributed by atoms with Gasteiger partial charge in [0.15, 0.2) is 0 Å². The molecule has 100 valence electrons. The summed E-state index contributed by atoms with van der Waals surface area (Å²) in [6.07, 6.45) is 1.17. The molecule has 0 spiro atoms. The molecular formula is C15H24N2O. The van der Waals surface area contributed by atoms with Crippen molar-refractivity contribution >= 4 is 5.69 Å². The van der Waals surface area contributed by atoms with Crippen LogP contribution < -0.4 is 5.32 Å². The second-order valence-corrected chi connectivity index (χ2v) is 5.50. The van der Waals surface area contributed by atoms with Gasteiger partial charge in [0.25, 0.3) is 0 Å². The maximum Gasteiger partial charge on any atom is 0.0645 e. The van der Waals surface area contributed by atoms with Gasteiger partial charge in [-0.15, -0.1) is 0 Å². The Kier molecular flexibility index (Phi) is 4.61. The lowest BCUT2D eigenvalue weighted by Gasteiger charge is -2.42. The highest BCUT2D eigenvalue weighted by Crippen LogP contribution is 2.18. The molecule has 0 amide bonds. The Labute approximate surface area is 110 Å². The van der Waals surface area contributed by atoms with E-state index in [4.69, 9.17) is 4.74 Å². The molecule has 0 saturated carbocycles. The third-order valence-corrected chi connectivity index (χ3v) is 3.52. The number of hydrogen-bond donors (Lipinski definition) is 1. The zero-order valence-corrected chi connectivity index (χ0v) is 11.5. The standard InChI is InChI=1S/C15H24N2O/c1-15(2)13-18-12-11-17(15)10-6-9-16-14-7-4-3-5-8-14/h3-5,7-8,16H,6,9-13H2,1-2H3. The summed E-state index contributed by atoms with van der Waals surface area (Å²) in [7, 11) is 0. The predicted molar refractivity (Wildman–Crippen MR) is 76.0 cm³/mol. The molecule has 0 aromatic heterocycles. The summed E-state index contributed by atoms with van der Waals surface area (Å²) in [6, 6.07) is 10.4. The van der Waals surface area contributed by atoms with Crippen LogP contribution in [0.1, 0.15) is 20.3 Å². The number of morpholine rings is 1. The molecule has 1 N–H and O–H groups in total. The van der Waals surface area contributed by atoms with Gasteiger partial charge in [-0.05, 0) is 32.4 Å². The molecular weight excluding hydrogens is 224 g/mol. The van der Waals surface area contributed by atoms with Gasteiger partial charge in [0.1, 0.15) is 0 Å². The lowest BCUT2D eigenvalue weighted by Crippen LogP contribution is -2.53. The zero-order valence-electron chi connectivity index (χ0n) is 11.5. The molecule has 0 atom stereocenters. The number of anilines is 1. The number of para-hydroxylation sites is 1. The van der Waals surface area contributed by atoms with Crippen LogP contribution in [-0.2, 0) is 4.74 Å². The first-order valence-corrected chi connectivity index (χ1v) is 6.80. The smallest absolute Gasteiger partial charge is 0.0645 e. The van der Waals surface area contributed by atoms with E-state index in [1.54, 1.807) is 0 Å². The lowest BCUT2D eigenvalue weighted by atomic mass is 10.0. The summed E-state index contributed by atoms with van der Waals surface area (Å²) in [4.78, 5) is 2.53. The van der Waals surface area contributed by atoms with Crippen molar-refractivity contribution < 1.29 is 4.74 Å². The first-order chi connectivity index (χ1) is 8.68. The van der Waals surface area contributed by atoms with Crippen LogP contribution in [0.25, 0.3) is 0 Å². The quantitative estimate of drug-likeness (QED) is 0.811. The van der Waals surface area contributed by atoms with Crippen molar-refractivity contribution in [1.82, 2.24) is 4.90 Å². The molecule has 2 rings (SSSR count). The molecule has 1 aliphatic rings. The maximum absolute atomic E-state index is 5.53. The van der Waals surface area contributed by atoms with Gasteiger partial charge in [0.05, 0.1) is 13.2 Å². The third-order valence-electron chi connectivity index (χ3n) is 3.52. The number of rotatable bonds is 5. The molecule has 0 unspecified atom stereocenters. The summed E-state index contributed by atoms with van der Waals surface area (Å²) in [5.41, 5.74) is 1.39. The van der Waals surface area contributed by atoms with Gasteiger partial charge in [-0.25, -0.2) is 0 Å². The van der Waals surface area contributed by atoms with E-state index >= 15 is 0 Å². The third kappa shape index (κ3) is 3.72. The highest BCUT2D eigenvalue weighted by atomic mass is 16.5. The molecule has 1 aromatic carbocycles. The Bertz CT molecular complexity index is 351. The number of nitrogens with one attached hydrogen (secondary N) is 1. The van der Waals surface area contributed by atoms with Crippen molar-refractivity contribution in [2.75, 3.05) is 38.2 Å². The van der Waals surface area contributed by atoms with Gasteiger partial charge in [-0.2, -0.15) is 0 Å². The van der Waals surface area contributed by atoms with Crippen molar-refractivity contribution in [3.8, 4) is 0 Å². The van der Waals surface area contributed by atoms with Crippen molar-refractivity contribution in [3.05, 3.63) is 30.3 Å². The van der Waals surface area contributed by atoms with Gasteiger partial charge in [0, 0.05) is 30.9 Å². The summed E-state index contributed by atoms with van der Waals surface area (Å²) in [5.74, 6) is 0. The molecule has 18 heavy (non-hydrogen) atoms. The minimum atomic E-state index is 0.186. The Hall–Kier alpha value is -1.06. The highest BCUT2D eigenvalue weighted by Gasteiger charge is 2.29. The van der Waals surface area contributed by atoms with Gasteiger partial charge in [-0.1, -0.05) is 18.2 Å². The fourth-order valence-electron chi connectivity index (χ4n) is 2.36. The molecule has 1 aliphatic heterocycles. The number of benzene rings is 1. The number of hydrogen-bond acceptors (Lipinski definition) is 3. The topological polar surface area (TPSA) is 24.5 Å². The molecule has 1 saturated heterocycles. The van der Waals surface area contributed by atoms with Crippen LogP contribution in [0.3, 0.4) is 0 Å².